The van der Waals surface area contributed by atoms with Crippen molar-refractivity contribution < 1.29 is 14.3 Å². The molecule has 1 aliphatic rings. The van der Waals surface area contributed by atoms with Crippen LogP contribution in [0.5, 0.6) is 0 Å². The second kappa shape index (κ2) is 4.93. The molecule has 0 aliphatic carbocycles. The van der Waals surface area contributed by atoms with Crippen LogP contribution in [0, 0.1) is 5.82 Å². The molecule has 98 valence electrons. The number of hydrogen-bond donors (Lipinski definition) is 1. The van der Waals surface area contributed by atoms with Gasteiger partial charge in [0, 0.05) is 17.2 Å². The second-order valence-electron chi connectivity index (χ2n) is 4.69. The highest BCUT2D eigenvalue weighted by molar-refractivity contribution is 9.10. The molecule has 2 rings (SSSR count). The monoisotopic (exact) mass is 316 g/mol. The number of carbonyl (C=O) groups is 1. The summed E-state index contributed by atoms with van der Waals surface area (Å²) in [7, 11) is 0. The van der Waals surface area contributed by atoms with Gasteiger partial charge in [0.2, 0.25) is 0 Å². The van der Waals surface area contributed by atoms with Gasteiger partial charge in [-0.1, -0.05) is 0 Å². The summed E-state index contributed by atoms with van der Waals surface area (Å²) >= 11 is 3.14. The van der Waals surface area contributed by atoms with Crippen molar-refractivity contribution in [2.75, 3.05) is 6.54 Å². The number of nitrogens with zero attached hydrogens (tertiary/aromatic N) is 2. The summed E-state index contributed by atoms with van der Waals surface area (Å²) in [5, 5.41) is 9.27. The maximum atomic E-state index is 13.7. The fourth-order valence-corrected chi connectivity index (χ4v) is 2.56. The van der Waals surface area contributed by atoms with Gasteiger partial charge in [-0.2, -0.15) is 0 Å². The summed E-state index contributed by atoms with van der Waals surface area (Å²) in [6.45, 7) is 2.56. The molecule has 2 heterocycles. The van der Waals surface area contributed by atoms with Crippen LogP contribution in [0.4, 0.5) is 4.39 Å². The van der Waals surface area contributed by atoms with Crippen LogP contribution in [0.3, 0.4) is 0 Å². The van der Waals surface area contributed by atoms with Crippen LogP contribution >= 0.6 is 15.9 Å². The molecule has 18 heavy (non-hydrogen) atoms. The first-order valence-corrected chi connectivity index (χ1v) is 6.51. The fourth-order valence-electron chi connectivity index (χ4n) is 2.25. The van der Waals surface area contributed by atoms with Gasteiger partial charge in [0.25, 0.3) is 0 Å². The number of aliphatic carboxylic acids is 1. The van der Waals surface area contributed by atoms with Gasteiger partial charge in [-0.25, -0.2) is 4.39 Å². The van der Waals surface area contributed by atoms with E-state index in [1.165, 1.54) is 12.3 Å². The Morgan fingerprint density at radius 2 is 2.44 bits per heavy atom. The number of carboxylic acid groups (broad SMARTS) is 1. The molecule has 1 atom stereocenters. The average Bonchev–Trinajstić information content (AvgIpc) is 2.66. The van der Waals surface area contributed by atoms with E-state index in [2.05, 4.69) is 20.9 Å². The first-order chi connectivity index (χ1) is 8.43. The van der Waals surface area contributed by atoms with Crippen molar-refractivity contribution in [2.24, 2.45) is 0 Å². The van der Waals surface area contributed by atoms with Crippen LogP contribution in [-0.2, 0) is 11.3 Å². The summed E-state index contributed by atoms with van der Waals surface area (Å²) < 4.78 is 14.3. The largest absolute Gasteiger partial charge is 0.480 e. The Kier molecular flexibility index (Phi) is 3.68. The van der Waals surface area contributed by atoms with Crippen molar-refractivity contribution in [3.05, 3.63) is 28.2 Å². The molecular weight excluding hydrogens is 303 g/mol. The summed E-state index contributed by atoms with van der Waals surface area (Å²) in [6.07, 6.45) is 2.91. The standard InChI is InChI=1S/C12H14BrFN2O2/c1-12(11(17)18)3-2-4-16(12)7-10-9(14)5-8(13)6-15-10/h5-6H,2-4,7H2,1H3,(H,17,18). The maximum absolute atomic E-state index is 13.7. The van der Waals surface area contributed by atoms with Crippen molar-refractivity contribution in [2.45, 2.75) is 31.8 Å². The van der Waals surface area contributed by atoms with Crippen molar-refractivity contribution in [1.82, 2.24) is 9.88 Å². The molecule has 1 N–H and O–H groups in total. The van der Waals surface area contributed by atoms with E-state index in [1.807, 2.05) is 0 Å². The molecule has 1 saturated heterocycles. The molecule has 1 unspecified atom stereocenters. The fraction of sp³-hybridized carbons (Fsp3) is 0.500. The predicted octanol–water partition coefficient (Wildman–Crippen LogP) is 2.42. The molecule has 0 radical (unpaired) electrons. The topological polar surface area (TPSA) is 53.4 Å². The molecular formula is C12H14BrFN2O2. The normalized spacial score (nSPS) is 24.4. The second-order valence-corrected chi connectivity index (χ2v) is 5.60. The van der Waals surface area contributed by atoms with Gasteiger partial charge in [0.05, 0.1) is 5.69 Å². The molecule has 0 amide bonds. The number of likely N-dealkylation sites (tertiary alicyclic amines) is 1. The van der Waals surface area contributed by atoms with Crippen LogP contribution in [0.1, 0.15) is 25.5 Å². The van der Waals surface area contributed by atoms with Crippen molar-refractivity contribution in [3.63, 3.8) is 0 Å². The van der Waals surface area contributed by atoms with Crippen LogP contribution in [0.15, 0.2) is 16.7 Å². The van der Waals surface area contributed by atoms with Crippen molar-refractivity contribution in [3.8, 4) is 0 Å². The number of hydrogen-bond acceptors (Lipinski definition) is 3. The van der Waals surface area contributed by atoms with Crippen molar-refractivity contribution >= 4 is 21.9 Å². The first kappa shape index (κ1) is 13.4. The number of rotatable bonds is 3. The lowest BCUT2D eigenvalue weighted by molar-refractivity contribution is -0.149. The van der Waals surface area contributed by atoms with Gasteiger partial charge in [0.1, 0.15) is 11.4 Å². The Hall–Kier alpha value is -1.01. The van der Waals surface area contributed by atoms with E-state index < -0.39 is 17.3 Å². The number of carboxylic acids is 1. The molecule has 0 spiro atoms. The molecule has 1 aromatic rings. The molecule has 6 heteroatoms. The van der Waals surface area contributed by atoms with Crippen LogP contribution in [0.2, 0.25) is 0 Å². The molecule has 0 aromatic carbocycles. The summed E-state index contributed by atoms with van der Waals surface area (Å²) in [5.74, 6) is -1.28. The van der Waals surface area contributed by atoms with Gasteiger partial charge < -0.3 is 5.11 Å². The van der Waals surface area contributed by atoms with E-state index in [9.17, 15) is 14.3 Å². The van der Waals surface area contributed by atoms with Crippen LogP contribution < -0.4 is 0 Å². The molecule has 0 bridgehead atoms. The highest BCUT2D eigenvalue weighted by Crippen LogP contribution is 2.31. The Labute approximate surface area is 113 Å². The van der Waals surface area contributed by atoms with E-state index in [0.717, 1.165) is 6.42 Å². The third-order valence-electron chi connectivity index (χ3n) is 3.47. The van der Waals surface area contributed by atoms with Gasteiger partial charge in [-0.3, -0.25) is 14.7 Å². The number of aromatic nitrogens is 1. The highest BCUT2D eigenvalue weighted by atomic mass is 79.9. The minimum Gasteiger partial charge on any atom is -0.480 e. The zero-order chi connectivity index (χ0) is 13.3. The van der Waals surface area contributed by atoms with E-state index in [1.54, 1.807) is 11.8 Å². The lowest BCUT2D eigenvalue weighted by Gasteiger charge is -2.30. The smallest absolute Gasteiger partial charge is 0.323 e. The third-order valence-corrected chi connectivity index (χ3v) is 3.91. The van der Waals surface area contributed by atoms with Crippen molar-refractivity contribution in [1.29, 1.82) is 0 Å². The number of halogens is 2. The molecule has 1 fully saturated rings. The summed E-state index contributed by atoms with van der Waals surface area (Å²) in [6, 6.07) is 1.34. The Bertz CT molecular complexity index is 483. The zero-order valence-electron chi connectivity index (χ0n) is 9.99. The van der Waals surface area contributed by atoms with E-state index in [0.29, 0.717) is 17.4 Å². The van der Waals surface area contributed by atoms with Gasteiger partial charge >= 0.3 is 5.97 Å². The van der Waals surface area contributed by atoms with Crippen LogP contribution in [0.25, 0.3) is 0 Å². The molecule has 0 saturated carbocycles. The lowest BCUT2D eigenvalue weighted by atomic mass is 9.99. The van der Waals surface area contributed by atoms with E-state index >= 15 is 0 Å². The highest BCUT2D eigenvalue weighted by Gasteiger charge is 2.43. The summed E-state index contributed by atoms with van der Waals surface area (Å²) in [4.78, 5) is 17.1. The van der Waals surface area contributed by atoms with E-state index in [-0.39, 0.29) is 12.2 Å². The SMILES string of the molecule is CC1(C(=O)O)CCCN1Cc1ncc(Br)cc1F. The van der Waals surface area contributed by atoms with Gasteiger partial charge in [-0.05, 0) is 48.3 Å². The average molecular weight is 317 g/mol. The quantitative estimate of drug-likeness (QED) is 0.930. The zero-order valence-corrected chi connectivity index (χ0v) is 11.6. The summed E-state index contributed by atoms with van der Waals surface area (Å²) in [5.41, 5.74) is -0.631. The van der Waals surface area contributed by atoms with Crippen LogP contribution in [-0.4, -0.2) is 33.0 Å². The number of pyridine rings is 1. The Morgan fingerprint density at radius 3 is 3.06 bits per heavy atom. The Balaban J connectivity index is 2.21. The van der Waals surface area contributed by atoms with Gasteiger partial charge in [-0.15, -0.1) is 0 Å². The molecule has 4 nitrogen and oxygen atoms in total. The first-order valence-electron chi connectivity index (χ1n) is 5.72. The maximum Gasteiger partial charge on any atom is 0.323 e. The lowest BCUT2D eigenvalue weighted by Crippen LogP contribution is -2.47. The van der Waals surface area contributed by atoms with Gasteiger partial charge in [0.15, 0.2) is 0 Å². The predicted molar refractivity (Wildman–Crippen MR) is 67.6 cm³/mol. The molecule has 1 aromatic heterocycles. The minimum atomic E-state index is -0.915. The third kappa shape index (κ3) is 2.40. The minimum absolute atomic E-state index is 0.224. The van der Waals surface area contributed by atoms with E-state index in [4.69, 9.17) is 0 Å². The Morgan fingerprint density at radius 1 is 1.72 bits per heavy atom. The molecule has 1 aliphatic heterocycles.